The van der Waals surface area contributed by atoms with Gasteiger partial charge in [0.05, 0.1) is 23.9 Å². The first-order chi connectivity index (χ1) is 10.2. The van der Waals surface area contributed by atoms with Gasteiger partial charge in [-0.25, -0.2) is 0 Å². The molecule has 0 unspecified atom stereocenters. The van der Waals surface area contributed by atoms with Crippen LogP contribution in [-0.4, -0.2) is 23.9 Å². The van der Waals surface area contributed by atoms with Crippen molar-refractivity contribution in [3.05, 3.63) is 46.5 Å². The second kappa shape index (κ2) is 5.17. The molecule has 0 heterocycles. The molecule has 2 aromatic rings. The Morgan fingerprint density at radius 2 is 1.23 bits per heavy atom. The Morgan fingerprint density at radius 3 is 1.68 bits per heavy atom. The van der Waals surface area contributed by atoms with E-state index in [1.807, 2.05) is 0 Å². The van der Waals surface area contributed by atoms with E-state index in [9.17, 15) is 39.6 Å². The molecule has 8 nitrogen and oxygen atoms in total. The van der Waals surface area contributed by atoms with Gasteiger partial charge in [0.2, 0.25) is 0 Å². The molecule has 0 bridgehead atoms. The van der Waals surface area contributed by atoms with E-state index in [0.717, 1.165) is 18.2 Å². The normalized spacial score (nSPS) is 10.4. The Labute approximate surface area is 121 Å². The third-order valence-electron chi connectivity index (χ3n) is 3.02. The fourth-order valence-electron chi connectivity index (χ4n) is 2.10. The van der Waals surface area contributed by atoms with Crippen molar-refractivity contribution in [1.82, 2.24) is 0 Å². The summed E-state index contributed by atoms with van der Waals surface area (Å²) in [6, 6.07) is 3.27. The number of carbonyl (C=O) groups is 4. The smallest absolute Gasteiger partial charge is 0.0728 e. The van der Waals surface area contributed by atoms with Crippen LogP contribution in [-0.2, 0) is 0 Å². The molecule has 0 N–H and O–H groups in total. The van der Waals surface area contributed by atoms with E-state index >= 15 is 0 Å². The standard InChI is InChI=1S/C14H8O8/c15-11(16)5-1-2-6-7(3-5)8(12(17)18)4-9(13(19)20)10(6)14(21)22/h1-4H,(H,15,16)(H,17,18)(H,19,20)(H,21,22)/p-4. The van der Waals surface area contributed by atoms with E-state index in [-0.39, 0.29) is 10.8 Å². The third kappa shape index (κ3) is 2.33. The van der Waals surface area contributed by atoms with Crippen LogP contribution in [0.4, 0.5) is 0 Å². The summed E-state index contributed by atoms with van der Waals surface area (Å²) in [4.78, 5) is 44.1. The SMILES string of the molecule is O=C([O-])c1ccc2c(C(=O)[O-])c(C(=O)[O-])cc(C(=O)[O-])c2c1. The van der Waals surface area contributed by atoms with Gasteiger partial charge >= 0.3 is 0 Å². The highest BCUT2D eigenvalue weighted by Gasteiger charge is 2.15. The molecule has 0 aliphatic heterocycles. The van der Waals surface area contributed by atoms with Gasteiger partial charge in [0.15, 0.2) is 0 Å². The highest BCUT2D eigenvalue weighted by molar-refractivity contribution is 6.16. The highest BCUT2D eigenvalue weighted by atomic mass is 16.4. The van der Waals surface area contributed by atoms with E-state index in [4.69, 9.17) is 0 Å². The summed E-state index contributed by atoms with van der Waals surface area (Å²) in [5.41, 5.74) is -2.83. The van der Waals surface area contributed by atoms with Crippen molar-refractivity contribution < 1.29 is 39.6 Å². The first-order valence-corrected chi connectivity index (χ1v) is 5.70. The van der Waals surface area contributed by atoms with Gasteiger partial charge in [-0.1, -0.05) is 12.1 Å². The van der Waals surface area contributed by atoms with Gasteiger partial charge in [0.1, 0.15) is 0 Å². The van der Waals surface area contributed by atoms with Crippen molar-refractivity contribution in [2.75, 3.05) is 0 Å². The Bertz CT molecular complexity index is 850. The number of benzene rings is 2. The zero-order chi connectivity index (χ0) is 16.6. The number of hydrogen-bond acceptors (Lipinski definition) is 8. The quantitative estimate of drug-likeness (QED) is 0.557. The van der Waals surface area contributed by atoms with Crippen LogP contribution < -0.4 is 20.4 Å². The lowest BCUT2D eigenvalue weighted by Crippen LogP contribution is -2.32. The second-order valence-electron chi connectivity index (χ2n) is 4.26. The lowest BCUT2D eigenvalue weighted by atomic mass is 9.93. The van der Waals surface area contributed by atoms with Crippen LogP contribution >= 0.6 is 0 Å². The van der Waals surface area contributed by atoms with Crippen LogP contribution in [0.3, 0.4) is 0 Å². The van der Waals surface area contributed by atoms with Crippen LogP contribution in [0.5, 0.6) is 0 Å². The van der Waals surface area contributed by atoms with E-state index in [1.165, 1.54) is 0 Å². The molecule has 0 atom stereocenters. The average Bonchev–Trinajstić information content (AvgIpc) is 2.43. The van der Waals surface area contributed by atoms with E-state index in [1.54, 1.807) is 0 Å². The summed E-state index contributed by atoms with van der Waals surface area (Å²) in [6.07, 6.45) is 0. The minimum atomic E-state index is -1.92. The van der Waals surface area contributed by atoms with Crippen LogP contribution in [0, 0.1) is 0 Å². The van der Waals surface area contributed by atoms with Crippen molar-refractivity contribution in [2.45, 2.75) is 0 Å². The monoisotopic (exact) mass is 300 g/mol. The van der Waals surface area contributed by atoms with Gasteiger partial charge in [0, 0.05) is 16.7 Å². The molecule has 0 aliphatic carbocycles. The van der Waals surface area contributed by atoms with Crippen LogP contribution in [0.1, 0.15) is 41.4 Å². The molecular formula is C14H4O8-4. The van der Waals surface area contributed by atoms with Crippen LogP contribution in [0.15, 0.2) is 24.3 Å². The maximum absolute atomic E-state index is 11.1. The van der Waals surface area contributed by atoms with Crippen molar-refractivity contribution in [3.8, 4) is 0 Å². The summed E-state index contributed by atoms with van der Waals surface area (Å²) in [7, 11) is 0. The molecule has 2 rings (SSSR count). The third-order valence-corrected chi connectivity index (χ3v) is 3.02. The summed E-state index contributed by atoms with van der Waals surface area (Å²) in [5.74, 6) is -7.24. The summed E-state index contributed by atoms with van der Waals surface area (Å²) in [6.45, 7) is 0. The molecule has 0 fully saturated rings. The van der Waals surface area contributed by atoms with Gasteiger partial charge in [-0.05, 0) is 28.5 Å². The van der Waals surface area contributed by atoms with E-state index in [2.05, 4.69) is 0 Å². The number of carboxylic acid groups (broad SMARTS) is 4. The van der Waals surface area contributed by atoms with Crippen LogP contribution in [0.2, 0.25) is 0 Å². The molecular weight excluding hydrogens is 296 g/mol. The molecule has 0 saturated carbocycles. The minimum absolute atomic E-state index is 0.328. The molecule has 0 aliphatic rings. The van der Waals surface area contributed by atoms with E-state index < -0.39 is 46.1 Å². The minimum Gasteiger partial charge on any atom is -0.545 e. The number of rotatable bonds is 4. The molecule has 0 radical (unpaired) electrons. The van der Waals surface area contributed by atoms with Gasteiger partial charge in [-0.15, -0.1) is 0 Å². The first kappa shape index (κ1) is 15.0. The number of carbonyl (C=O) groups excluding carboxylic acids is 4. The molecule has 8 heteroatoms. The zero-order valence-corrected chi connectivity index (χ0v) is 10.6. The maximum atomic E-state index is 11.1. The largest absolute Gasteiger partial charge is 0.545 e. The predicted octanol–water partition coefficient (Wildman–Crippen LogP) is -3.71. The number of aromatic carboxylic acids is 4. The molecule has 112 valence electrons. The Hall–Kier alpha value is -3.42. The van der Waals surface area contributed by atoms with Crippen molar-refractivity contribution in [2.24, 2.45) is 0 Å². The Morgan fingerprint density at radius 1 is 0.636 bits per heavy atom. The second-order valence-corrected chi connectivity index (χ2v) is 4.26. The number of fused-ring (bicyclic) bond motifs is 1. The lowest BCUT2D eigenvalue weighted by Gasteiger charge is -2.19. The highest BCUT2D eigenvalue weighted by Crippen LogP contribution is 2.27. The summed E-state index contributed by atoms with van der Waals surface area (Å²) < 4.78 is 0. The molecule has 22 heavy (non-hydrogen) atoms. The number of hydrogen-bond donors (Lipinski definition) is 0. The lowest BCUT2D eigenvalue weighted by molar-refractivity contribution is -0.259. The molecule has 0 spiro atoms. The van der Waals surface area contributed by atoms with Gasteiger partial charge in [-0.2, -0.15) is 0 Å². The van der Waals surface area contributed by atoms with Crippen molar-refractivity contribution in [1.29, 1.82) is 0 Å². The van der Waals surface area contributed by atoms with Crippen LogP contribution in [0.25, 0.3) is 10.8 Å². The van der Waals surface area contributed by atoms with Crippen molar-refractivity contribution in [3.63, 3.8) is 0 Å². The zero-order valence-electron chi connectivity index (χ0n) is 10.6. The number of carboxylic acids is 4. The summed E-state index contributed by atoms with van der Waals surface area (Å²) >= 11 is 0. The first-order valence-electron chi connectivity index (χ1n) is 5.70. The molecule has 0 aromatic heterocycles. The maximum Gasteiger partial charge on any atom is 0.0728 e. The molecule has 0 amide bonds. The average molecular weight is 300 g/mol. The molecule has 0 saturated heterocycles. The van der Waals surface area contributed by atoms with Gasteiger partial charge in [-0.3, -0.25) is 0 Å². The molecule has 2 aromatic carbocycles. The van der Waals surface area contributed by atoms with Gasteiger partial charge < -0.3 is 39.6 Å². The Balaban J connectivity index is 3.04. The Kier molecular flexibility index (Phi) is 3.52. The predicted molar refractivity (Wildman–Crippen MR) is 61.3 cm³/mol. The van der Waals surface area contributed by atoms with E-state index in [0.29, 0.717) is 6.07 Å². The van der Waals surface area contributed by atoms with Crippen molar-refractivity contribution >= 4 is 34.6 Å². The fraction of sp³-hybridized carbons (Fsp3) is 0. The fourth-order valence-corrected chi connectivity index (χ4v) is 2.10. The topological polar surface area (TPSA) is 161 Å². The summed E-state index contributed by atoms with van der Waals surface area (Å²) in [5, 5.41) is 43.4. The van der Waals surface area contributed by atoms with Gasteiger partial charge in [0.25, 0.3) is 0 Å².